The van der Waals surface area contributed by atoms with Gasteiger partial charge in [-0.05, 0) is 50.3 Å². The van der Waals surface area contributed by atoms with Crippen LogP contribution in [0.3, 0.4) is 0 Å². The third kappa shape index (κ3) is 4.62. The van der Waals surface area contributed by atoms with Crippen LogP contribution in [0.25, 0.3) is 22.2 Å². The molecule has 39 heavy (non-hydrogen) atoms. The van der Waals surface area contributed by atoms with Crippen LogP contribution in [-0.4, -0.2) is 56.7 Å². The van der Waals surface area contributed by atoms with Crippen molar-refractivity contribution in [2.45, 2.75) is 46.5 Å². The van der Waals surface area contributed by atoms with Gasteiger partial charge in [-0.1, -0.05) is 13.8 Å². The Morgan fingerprint density at radius 3 is 2.59 bits per heavy atom. The lowest BCUT2D eigenvalue weighted by molar-refractivity contribution is 0.0783. The van der Waals surface area contributed by atoms with Crippen molar-refractivity contribution in [1.82, 2.24) is 24.4 Å². The maximum atomic E-state index is 13.5. The maximum absolute atomic E-state index is 13.5. The Balaban J connectivity index is 1.64. The number of hydrogen-bond donors (Lipinski definition) is 2. The molecule has 0 spiro atoms. The molecule has 5 heterocycles. The van der Waals surface area contributed by atoms with Gasteiger partial charge in [0.05, 0.1) is 35.3 Å². The Morgan fingerprint density at radius 2 is 1.92 bits per heavy atom. The minimum Gasteiger partial charge on any atom is -0.496 e. The smallest absolute Gasteiger partial charge is 0.270 e. The first-order chi connectivity index (χ1) is 18.7. The Kier molecular flexibility index (Phi) is 7.08. The summed E-state index contributed by atoms with van der Waals surface area (Å²) in [6.45, 7) is 9.75. The van der Waals surface area contributed by atoms with Gasteiger partial charge < -0.3 is 24.9 Å². The number of aromatic nitrogens is 4. The minimum absolute atomic E-state index is 0.0822. The number of fused-ring (bicyclic) bond motifs is 1. The molecule has 5 rings (SSSR count). The standard InChI is InChI=1S/C30H35N7O2/c1-17(2)28-27-18(3)29(30(38)37-11-7-8-12-37)36(5)24(27)14-26(35-28)34-22-13-23(33-19(4)20(22)15-31)21-16-32-10-9-25(21)39-6/h9-10,13-17,31H,7-8,11-12H2,1-6H3,(H,33,34,35). The fraction of sp³-hybridized carbons (Fsp3) is 0.367. The molecule has 202 valence electrons. The third-order valence-electron chi connectivity index (χ3n) is 7.53. The van der Waals surface area contributed by atoms with Gasteiger partial charge in [0.15, 0.2) is 0 Å². The van der Waals surface area contributed by atoms with E-state index in [1.54, 1.807) is 25.6 Å². The van der Waals surface area contributed by atoms with Crippen molar-refractivity contribution in [2.24, 2.45) is 7.05 Å². The summed E-state index contributed by atoms with van der Waals surface area (Å²) in [5.41, 5.74) is 7.10. The fourth-order valence-corrected chi connectivity index (χ4v) is 5.54. The van der Waals surface area contributed by atoms with Crippen LogP contribution in [-0.2, 0) is 7.05 Å². The van der Waals surface area contributed by atoms with E-state index in [9.17, 15) is 4.79 Å². The molecule has 1 amide bonds. The van der Waals surface area contributed by atoms with Crippen LogP contribution in [0.15, 0.2) is 30.6 Å². The summed E-state index contributed by atoms with van der Waals surface area (Å²) >= 11 is 0. The summed E-state index contributed by atoms with van der Waals surface area (Å²) in [4.78, 5) is 29.4. The molecule has 1 saturated heterocycles. The Bertz CT molecular complexity index is 1580. The highest BCUT2D eigenvalue weighted by atomic mass is 16.5. The minimum atomic E-state index is 0.0822. The van der Waals surface area contributed by atoms with Crippen LogP contribution in [0.5, 0.6) is 5.75 Å². The van der Waals surface area contributed by atoms with Gasteiger partial charge in [0, 0.05) is 61.5 Å². The molecule has 0 saturated carbocycles. The molecule has 9 nitrogen and oxygen atoms in total. The second kappa shape index (κ2) is 10.5. The quantitative estimate of drug-likeness (QED) is 0.297. The molecular formula is C30H35N7O2. The molecule has 1 aliphatic heterocycles. The molecule has 2 N–H and O–H groups in total. The first-order valence-electron chi connectivity index (χ1n) is 13.3. The first-order valence-corrected chi connectivity index (χ1v) is 13.3. The number of rotatable bonds is 7. The summed E-state index contributed by atoms with van der Waals surface area (Å²) in [5, 5.41) is 12.6. The average molecular weight is 526 g/mol. The third-order valence-corrected chi connectivity index (χ3v) is 7.53. The van der Waals surface area contributed by atoms with E-state index >= 15 is 0 Å². The Labute approximate surface area is 228 Å². The van der Waals surface area contributed by atoms with E-state index < -0.39 is 0 Å². The van der Waals surface area contributed by atoms with Crippen LogP contribution >= 0.6 is 0 Å². The lowest BCUT2D eigenvalue weighted by atomic mass is 10.0. The number of nitrogens with zero attached hydrogens (tertiary/aromatic N) is 5. The number of hydrogen-bond acceptors (Lipinski definition) is 7. The number of carbonyl (C=O) groups is 1. The molecule has 0 unspecified atom stereocenters. The predicted molar refractivity (Wildman–Crippen MR) is 155 cm³/mol. The summed E-state index contributed by atoms with van der Waals surface area (Å²) in [6, 6.07) is 5.68. The molecule has 9 heteroatoms. The van der Waals surface area contributed by atoms with Crippen molar-refractivity contribution in [2.75, 3.05) is 25.5 Å². The van der Waals surface area contributed by atoms with Gasteiger partial charge >= 0.3 is 0 Å². The fourth-order valence-electron chi connectivity index (χ4n) is 5.54. The van der Waals surface area contributed by atoms with Gasteiger partial charge in [-0.3, -0.25) is 14.8 Å². The van der Waals surface area contributed by atoms with Crippen LogP contribution < -0.4 is 10.1 Å². The van der Waals surface area contributed by atoms with Gasteiger partial charge in [-0.25, -0.2) is 4.98 Å². The van der Waals surface area contributed by atoms with Crippen LogP contribution in [0, 0.1) is 19.3 Å². The van der Waals surface area contributed by atoms with E-state index in [1.165, 1.54) is 6.21 Å². The van der Waals surface area contributed by atoms with Crippen molar-refractivity contribution >= 4 is 34.5 Å². The van der Waals surface area contributed by atoms with E-state index in [0.29, 0.717) is 34.2 Å². The van der Waals surface area contributed by atoms with Gasteiger partial charge in [0.2, 0.25) is 0 Å². The van der Waals surface area contributed by atoms with Crippen molar-refractivity contribution in [3.63, 3.8) is 0 Å². The second-order valence-electron chi connectivity index (χ2n) is 10.4. The first kappa shape index (κ1) is 26.3. The summed E-state index contributed by atoms with van der Waals surface area (Å²) in [7, 11) is 3.58. The highest BCUT2D eigenvalue weighted by Crippen LogP contribution is 2.36. The molecule has 0 atom stereocenters. The largest absolute Gasteiger partial charge is 0.496 e. The zero-order valence-electron chi connectivity index (χ0n) is 23.4. The molecule has 0 radical (unpaired) electrons. The molecule has 1 aliphatic rings. The SMILES string of the molecule is COc1ccncc1-c1cc(Nc2cc3c(c(C(C)C)n2)c(C)c(C(=O)N2CCCC2)n3C)c(C=N)c(C)n1. The number of nitrogens with one attached hydrogen (secondary N) is 2. The molecule has 0 aromatic carbocycles. The van der Waals surface area contributed by atoms with Crippen molar-refractivity contribution in [3.05, 3.63) is 58.8 Å². The highest BCUT2D eigenvalue weighted by molar-refractivity contribution is 6.03. The van der Waals surface area contributed by atoms with Gasteiger partial charge in [0.1, 0.15) is 17.3 Å². The number of amides is 1. The van der Waals surface area contributed by atoms with E-state index in [-0.39, 0.29) is 11.8 Å². The number of methoxy groups -OCH3 is 1. The summed E-state index contributed by atoms with van der Waals surface area (Å²) < 4.78 is 7.54. The molecule has 4 aromatic heterocycles. The maximum Gasteiger partial charge on any atom is 0.270 e. The van der Waals surface area contributed by atoms with Gasteiger partial charge in [0.25, 0.3) is 5.91 Å². The molecule has 0 bridgehead atoms. The van der Waals surface area contributed by atoms with E-state index in [2.05, 4.69) is 24.1 Å². The number of aryl methyl sites for hydroxylation is 3. The van der Waals surface area contributed by atoms with E-state index in [4.69, 9.17) is 20.1 Å². The van der Waals surface area contributed by atoms with Crippen LogP contribution in [0.4, 0.5) is 11.5 Å². The highest BCUT2D eigenvalue weighted by Gasteiger charge is 2.28. The Hall–Kier alpha value is -4.27. The number of pyridine rings is 3. The number of likely N-dealkylation sites (tertiary alicyclic amines) is 1. The zero-order chi connectivity index (χ0) is 27.8. The zero-order valence-corrected chi connectivity index (χ0v) is 23.4. The van der Waals surface area contributed by atoms with Crippen LogP contribution in [0.2, 0.25) is 0 Å². The summed E-state index contributed by atoms with van der Waals surface area (Å²) in [5.74, 6) is 1.53. The topological polar surface area (TPSA) is 109 Å². The van der Waals surface area contributed by atoms with Crippen molar-refractivity contribution in [1.29, 1.82) is 5.41 Å². The van der Waals surface area contributed by atoms with Gasteiger partial charge in [-0.15, -0.1) is 0 Å². The van der Waals surface area contributed by atoms with Crippen molar-refractivity contribution < 1.29 is 9.53 Å². The van der Waals surface area contributed by atoms with Crippen LogP contribution in [0.1, 0.15) is 65.6 Å². The summed E-state index contributed by atoms with van der Waals surface area (Å²) in [6.07, 6.45) is 6.81. The average Bonchev–Trinajstić information content (AvgIpc) is 3.55. The second-order valence-corrected chi connectivity index (χ2v) is 10.4. The number of carbonyl (C=O) groups excluding carboxylic acids is 1. The molecule has 4 aromatic rings. The number of ether oxygens (including phenoxy) is 1. The van der Waals surface area contributed by atoms with E-state index in [0.717, 1.165) is 59.3 Å². The number of anilines is 2. The predicted octanol–water partition coefficient (Wildman–Crippen LogP) is 5.76. The van der Waals surface area contributed by atoms with E-state index in [1.807, 2.05) is 42.5 Å². The lowest BCUT2D eigenvalue weighted by Gasteiger charge is -2.16. The van der Waals surface area contributed by atoms with Gasteiger partial charge in [-0.2, -0.15) is 0 Å². The molecule has 1 fully saturated rings. The monoisotopic (exact) mass is 525 g/mol. The molecule has 0 aliphatic carbocycles. The molecular weight excluding hydrogens is 490 g/mol. The Morgan fingerprint density at radius 1 is 1.18 bits per heavy atom. The van der Waals surface area contributed by atoms with Crippen molar-refractivity contribution in [3.8, 4) is 17.0 Å². The normalized spacial score (nSPS) is 13.4. The lowest BCUT2D eigenvalue weighted by Crippen LogP contribution is -2.29.